The number of non-ortho nitro benzene ring substituents is 1. The molecule has 0 aliphatic carbocycles. The van der Waals surface area contributed by atoms with E-state index in [0.717, 1.165) is 11.3 Å². The van der Waals surface area contributed by atoms with Gasteiger partial charge in [-0.25, -0.2) is 0 Å². The minimum absolute atomic E-state index is 0.0810. The number of amides is 1. The van der Waals surface area contributed by atoms with E-state index in [9.17, 15) is 14.9 Å². The molecule has 0 bridgehead atoms. The predicted octanol–water partition coefficient (Wildman–Crippen LogP) is 4.17. The lowest BCUT2D eigenvalue weighted by Crippen LogP contribution is -2.49. The van der Waals surface area contributed by atoms with Gasteiger partial charge in [0.15, 0.2) is 0 Å². The van der Waals surface area contributed by atoms with Crippen LogP contribution in [0.1, 0.15) is 15.9 Å². The summed E-state index contributed by atoms with van der Waals surface area (Å²) < 4.78 is 0. The van der Waals surface area contributed by atoms with Crippen LogP contribution in [0.2, 0.25) is 10.0 Å². The lowest BCUT2D eigenvalue weighted by atomic mass is 10.1. The number of aryl methyl sites for hydroxylation is 1. The molecule has 2 aromatic rings. The number of nitrogens with zero attached hydrogens (tertiary/aromatic N) is 3. The first-order valence-electron chi connectivity index (χ1n) is 8.11. The highest BCUT2D eigenvalue weighted by Gasteiger charge is 2.24. The Hall–Kier alpha value is -2.31. The molecule has 1 aliphatic heterocycles. The number of hydrogen-bond acceptors (Lipinski definition) is 4. The molecule has 1 heterocycles. The molecule has 3 rings (SSSR count). The van der Waals surface area contributed by atoms with E-state index in [4.69, 9.17) is 23.2 Å². The average molecular weight is 394 g/mol. The van der Waals surface area contributed by atoms with Crippen molar-refractivity contribution < 1.29 is 9.72 Å². The van der Waals surface area contributed by atoms with E-state index in [1.54, 1.807) is 35.2 Å². The molecule has 136 valence electrons. The van der Waals surface area contributed by atoms with Crippen molar-refractivity contribution in [3.8, 4) is 0 Å². The van der Waals surface area contributed by atoms with Crippen LogP contribution in [0.5, 0.6) is 0 Å². The van der Waals surface area contributed by atoms with Crippen molar-refractivity contribution in [2.45, 2.75) is 6.92 Å². The summed E-state index contributed by atoms with van der Waals surface area (Å²) in [5, 5.41) is 11.7. The molecule has 1 amide bonds. The highest BCUT2D eigenvalue weighted by molar-refractivity contribution is 6.36. The summed E-state index contributed by atoms with van der Waals surface area (Å²) in [6, 6.07) is 9.69. The first kappa shape index (κ1) is 18.5. The molecule has 0 aromatic heterocycles. The van der Waals surface area contributed by atoms with Crippen LogP contribution in [0.25, 0.3) is 0 Å². The molecule has 1 aliphatic rings. The van der Waals surface area contributed by atoms with Crippen LogP contribution in [-0.2, 0) is 0 Å². The van der Waals surface area contributed by atoms with Gasteiger partial charge in [-0.2, -0.15) is 0 Å². The van der Waals surface area contributed by atoms with Gasteiger partial charge in [0.1, 0.15) is 0 Å². The van der Waals surface area contributed by atoms with Crippen molar-refractivity contribution in [2.24, 2.45) is 0 Å². The maximum atomic E-state index is 12.7. The SMILES string of the molecule is Cc1cc([N+](=O)[O-])ccc1N1CCN(C(=O)c2ccc(Cl)cc2Cl)CC1. The zero-order chi connectivity index (χ0) is 18.8. The van der Waals surface area contributed by atoms with Crippen molar-refractivity contribution >= 4 is 40.5 Å². The lowest BCUT2D eigenvalue weighted by Gasteiger charge is -2.37. The van der Waals surface area contributed by atoms with E-state index in [0.29, 0.717) is 41.8 Å². The minimum atomic E-state index is -0.400. The number of nitro groups is 1. The molecule has 1 saturated heterocycles. The second-order valence-electron chi connectivity index (χ2n) is 6.13. The summed E-state index contributed by atoms with van der Waals surface area (Å²) in [5.74, 6) is -0.119. The van der Waals surface area contributed by atoms with Gasteiger partial charge >= 0.3 is 0 Å². The third-order valence-corrected chi connectivity index (χ3v) is 5.01. The fourth-order valence-corrected chi connectivity index (χ4v) is 3.58. The Morgan fingerprint density at radius 1 is 1.08 bits per heavy atom. The molecule has 8 heteroatoms. The number of carbonyl (C=O) groups excluding carboxylic acids is 1. The Morgan fingerprint density at radius 3 is 2.35 bits per heavy atom. The van der Waals surface area contributed by atoms with Crippen molar-refractivity contribution in [3.63, 3.8) is 0 Å². The Kier molecular flexibility index (Phi) is 5.34. The molecule has 6 nitrogen and oxygen atoms in total. The Labute approximate surface area is 161 Å². The Morgan fingerprint density at radius 2 is 1.77 bits per heavy atom. The number of piperazine rings is 1. The van der Waals surface area contributed by atoms with Gasteiger partial charge in [0.25, 0.3) is 11.6 Å². The summed E-state index contributed by atoms with van der Waals surface area (Å²) in [6.45, 7) is 4.25. The predicted molar refractivity (Wildman–Crippen MR) is 102 cm³/mol. The smallest absolute Gasteiger partial charge is 0.269 e. The summed E-state index contributed by atoms with van der Waals surface area (Å²) in [4.78, 5) is 27.0. The molecule has 0 atom stereocenters. The van der Waals surface area contributed by atoms with E-state index in [1.807, 2.05) is 6.92 Å². The molecule has 0 radical (unpaired) electrons. The Bertz CT molecular complexity index is 865. The van der Waals surface area contributed by atoms with Crippen LogP contribution in [-0.4, -0.2) is 41.9 Å². The number of carbonyl (C=O) groups is 1. The lowest BCUT2D eigenvalue weighted by molar-refractivity contribution is -0.384. The molecule has 0 N–H and O–H groups in total. The largest absolute Gasteiger partial charge is 0.368 e. The molecule has 0 spiro atoms. The second kappa shape index (κ2) is 7.51. The zero-order valence-electron chi connectivity index (χ0n) is 14.1. The normalized spacial score (nSPS) is 14.4. The van der Waals surface area contributed by atoms with Crippen LogP contribution in [0.15, 0.2) is 36.4 Å². The standard InChI is InChI=1S/C18H17Cl2N3O3/c1-12-10-14(23(25)26)3-5-17(12)21-6-8-22(9-7-21)18(24)15-4-2-13(19)11-16(15)20/h2-5,10-11H,6-9H2,1H3. The third kappa shape index (κ3) is 3.76. The van der Waals surface area contributed by atoms with Crippen LogP contribution >= 0.6 is 23.2 Å². The van der Waals surface area contributed by atoms with Gasteiger partial charge in [-0.3, -0.25) is 14.9 Å². The molecule has 0 unspecified atom stereocenters. The van der Waals surface area contributed by atoms with Gasteiger partial charge in [0, 0.05) is 49.0 Å². The fraction of sp³-hybridized carbons (Fsp3) is 0.278. The van der Waals surface area contributed by atoms with Gasteiger partial charge in [-0.05, 0) is 36.8 Å². The average Bonchev–Trinajstić information content (AvgIpc) is 2.61. The maximum Gasteiger partial charge on any atom is 0.269 e. The fourth-order valence-electron chi connectivity index (χ4n) is 3.09. The molecule has 1 fully saturated rings. The topological polar surface area (TPSA) is 66.7 Å². The summed E-state index contributed by atoms with van der Waals surface area (Å²) in [7, 11) is 0. The van der Waals surface area contributed by atoms with Gasteiger partial charge in [0.05, 0.1) is 15.5 Å². The van der Waals surface area contributed by atoms with E-state index in [1.165, 1.54) is 6.07 Å². The molecular formula is C18H17Cl2N3O3. The molecule has 26 heavy (non-hydrogen) atoms. The maximum absolute atomic E-state index is 12.7. The number of anilines is 1. The highest BCUT2D eigenvalue weighted by atomic mass is 35.5. The second-order valence-corrected chi connectivity index (χ2v) is 6.97. The van der Waals surface area contributed by atoms with Crippen LogP contribution in [0.4, 0.5) is 11.4 Å². The van der Waals surface area contributed by atoms with Crippen molar-refractivity contribution in [1.82, 2.24) is 4.90 Å². The molecule has 2 aromatic carbocycles. The number of benzene rings is 2. The minimum Gasteiger partial charge on any atom is -0.368 e. The van der Waals surface area contributed by atoms with Crippen molar-refractivity contribution in [3.05, 3.63) is 67.7 Å². The summed E-state index contributed by atoms with van der Waals surface area (Å²) >= 11 is 12.0. The zero-order valence-corrected chi connectivity index (χ0v) is 15.6. The number of hydrogen-bond donors (Lipinski definition) is 0. The first-order chi connectivity index (χ1) is 12.4. The van der Waals surface area contributed by atoms with Gasteiger partial charge in [0.2, 0.25) is 0 Å². The number of halogens is 2. The molecular weight excluding hydrogens is 377 g/mol. The summed E-state index contributed by atoms with van der Waals surface area (Å²) in [5.41, 5.74) is 2.32. The summed E-state index contributed by atoms with van der Waals surface area (Å²) in [6.07, 6.45) is 0. The van der Waals surface area contributed by atoms with E-state index in [2.05, 4.69) is 4.90 Å². The van der Waals surface area contributed by atoms with Gasteiger partial charge in [-0.1, -0.05) is 23.2 Å². The quantitative estimate of drug-likeness (QED) is 0.579. The van der Waals surface area contributed by atoms with Crippen LogP contribution in [0.3, 0.4) is 0 Å². The van der Waals surface area contributed by atoms with Crippen molar-refractivity contribution in [2.75, 3.05) is 31.1 Å². The van der Waals surface area contributed by atoms with Crippen LogP contribution < -0.4 is 4.90 Å². The van der Waals surface area contributed by atoms with Crippen LogP contribution in [0, 0.1) is 17.0 Å². The molecule has 0 saturated carbocycles. The number of nitro benzene ring substituents is 1. The monoisotopic (exact) mass is 393 g/mol. The first-order valence-corrected chi connectivity index (χ1v) is 8.86. The number of rotatable bonds is 3. The van der Waals surface area contributed by atoms with Gasteiger partial charge < -0.3 is 9.80 Å². The van der Waals surface area contributed by atoms with E-state index >= 15 is 0 Å². The highest BCUT2D eigenvalue weighted by Crippen LogP contribution is 2.27. The third-order valence-electron chi connectivity index (χ3n) is 4.46. The van der Waals surface area contributed by atoms with Crippen molar-refractivity contribution in [1.29, 1.82) is 0 Å². The van der Waals surface area contributed by atoms with E-state index in [-0.39, 0.29) is 11.6 Å². The van der Waals surface area contributed by atoms with Gasteiger partial charge in [-0.15, -0.1) is 0 Å². The Balaban J connectivity index is 1.69. The van der Waals surface area contributed by atoms with E-state index < -0.39 is 4.92 Å².